The van der Waals surface area contributed by atoms with Gasteiger partial charge in [0.25, 0.3) is 0 Å². The molecule has 4 rings (SSSR count). The van der Waals surface area contributed by atoms with Crippen LogP contribution in [0.15, 0.2) is 30.3 Å². The number of nitrogens with zero attached hydrogens (tertiary/aromatic N) is 1. The van der Waals surface area contributed by atoms with Crippen LogP contribution in [0.1, 0.15) is 37.7 Å². The van der Waals surface area contributed by atoms with Crippen molar-refractivity contribution < 1.29 is 19.1 Å². The lowest BCUT2D eigenvalue weighted by atomic mass is 9.76. The highest BCUT2D eigenvalue weighted by atomic mass is 16.5. The van der Waals surface area contributed by atoms with Crippen molar-refractivity contribution in [3.8, 4) is 0 Å². The van der Waals surface area contributed by atoms with E-state index in [4.69, 9.17) is 4.74 Å². The Morgan fingerprint density at radius 3 is 2.76 bits per heavy atom. The normalized spacial score (nSPS) is 29.3. The second kappa shape index (κ2) is 8.95. The van der Waals surface area contributed by atoms with Crippen LogP contribution in [0.4, 0.5) is 4.79 Å². The lowest BCUT2D eigenvalue weighted by molar-refractivity contribution is -0.139. The zero-order valence-electron chi connectivity index (χ0n) is 16.6. The maximum Gasteiger partial charge on any atom is 0.324 e. The highest BCUT2D eigenvalue weighted by molar-refractivity contribution is 5.99. The fraction of sp³-hybridized carbons (Fsp3) is 0.591. The van der Waals surface area contributed by atoms with Crippen molar-refractivity contribution in [2.24, 2.45) is 11.8 Å². The first-order chi connectivity index (χ1) is 14.1. The molecule has 4 amide bonds. The van der Waals surface area contributed by atoms with Crippen LogP contribution in [0.25, 0.3) is 0 Å². The number of nitrogens with one attached hydrogen (secondary N) is 2. The Labute approximate surface area is 171 Å². The fourth-order valence-electron chi connectivity index (χ4n) is 4.66. The Bertz CT molecular complexity index is 748. The van der Waals surface area contributed by atoms with Gasteiger partial charge in [-0.15, -0.1) is 0 Å². The van der Waals surface area contributed by atoms with Gasteiger partial charge in [0.1, 0.15) is 0 Å². The molecule has 2 N–H and O–H groups in total. The van der Waals surface area contributed by atoms with Crippen LogP contribution in [0.5, 0.6) is 0 Å². The van der Waals surface area contributed by atoms with Crippen molar-refractivity contribution in [1.82, 2.24) is 15.5 Å². The summed E-state index contributed by atoms with van der Waals surface area (Å²) in [7, 11) is 0. The summed E-state index contributed by atoms with van der Waals surface area (Å²) in [5.41, 5.74) is 1.10. The molecule has 0 aromatic heterocycles. The van der Waals surface area contributed by atoms with E-state index in [1.165, 1.54) is 4.90 Å². The summed E-state index contributed by atoms with van der Waals surface area (Å²) >= 11 is 0. The van der Waals surface area contributed by atoms with Crippen molar-refractivity contribution >= 4 is 17.8 Å². The van der Waals surface area contributed by atoms with E-state index in [-0.39, 0.29) is 41.8 Å². The Kier molecular flexibility index (Phi) is 6.13. The van der Waals surface area contributed by atoms with E-state index >= 15 is 0 Å². The first-order valence-electron chi connectivity index (χ1n) is 10.7. The summed E-state index contributed by atoms with van der Waals surface area (Å²) in [6, 6.07) is 9.25. The second-order valence-electron chi connectivity index (χ2n) is 8.28. The van der Waals surface area contributed by atoms with Gasteiger partial charge in [0.05, 0.1) is 12.0 Å². The van der Waals surface area contributed by atoms with E-state index < -0.39 is 0 Å². The summed E-state index contributed by atoms with van der Waals surface area (Å²) in [6.07, 6.45) is 4.61. The third-order valence-corrected chi connectivity index (χ3v) is 6.35. The van der Waals surface area contributed by atoms with E-state index in [0.29, 0.717) is 38.8 Å². The molecular weight excluding hydrogens is 370 g/mol. The molecule has 0 radical (unpaired) electrons. The average Bonchev–Trinajstić information content (AvgIpc) is 3.26. The fourth-order valence-corrected chi connectivity index (χ4v) is 4.66. The molecule has 1 aliphatic carbocycles. The molecule has 0 bridgehead atoms. The zero-order valence-corrected chi connectivity index (χ0v) is 16.6. The molecule has 4 unspecified atom stereocenters. The molecule has 3 aliphatic rings. The number of carbonyl (C=O) groups excluding carboxylic acids is 3. The van der Waals surface area contributed by atoms with Crippen LogP contribution < -0.4 is 10.6 Å². The Morgan fingerprint density at radius 2 is 2.00 bits per heavy atom. The smallest absolute Gasteiger partial charge is 0.324 e. The quantitative estimate of drug-likeness (QED) is 0.764. The largest absolute Gasteiger partial charge is 0.376 e. The molecule has 3 fully saturated rings. The number of hydrogen-bond acceptors (Lipinski definition) is 4. The van der Waals surface area contributed by atoms with Crippen LogP contribution in [-0.4, -0.2) is 54.6 Å². The molecule has 1 aromatic rings. The van der Waals surface area contributed by atoms with Crippen molar-refractivity contribution in [2.45, 2.75) is 50.7 Å². The van der Waals surface area contributed by atoms with Crippen LogP contribution >= 0.6 is 0 Å². The summed E-state index contributed by atoms with van der Waals surface area (Å²) < 4.78 is 5.55. The maximum atomic E-state index is 12.9. The predicted molar refractivity (Wildman–Crippen MR) is 107 cm³/mol. The molecule has 2 saturated heterocycles. The van der Waals surface area contributed by atoms with Gasteiger partial charge >= 0.3 is 6.03 Å². The van der Waals surface area contributed by atoms with Crippen LogP contribution in [0.3, 0.4) is 0 Å². The minimum atomic E-state index is -0.340. The summed E-state index contributed by atoms with van der Waals surface area (Å²) in [5, 5.41) is 5.97. The van der Waals surface area contributed by atoms with Gasteiger partial charge in [0.15, 0.2) is 0 Å². The molecule has 2 aliphatic heterocycles. The SMILES string of the molecule is O=C(NCC1CCCO1)C1CCC2C(=O)N(CCc3ccccc3)C(=O)NC2C1. The Morgan fingerprint density at radius 1 is 1.17 bits per heavy atom. The topological polar surface area (TPSA) is 87.7 Å². The highest BCUT2D eigenvalue weighted by Crippen LogP contribution is 2.33. The minimum Gasteiger partial charge on any atom is -0.376 e. The van der Waals surface area contributed by atoms with Crippen molar-refractivity contribution in [3.05, 3.63) is 35.9 Å². The van der Waals surface area contributed by atoms with Crippen LogP contribution in [0.2, 0.25) is 0 Å². The van der Waals surface area contributed by atoms with Gasteiger partial charge in [-0.3, -0.25) is 14.5 Å². The molecular formula is C22H29N3O4. The van der Waals surface area contributed by atoms with Gasteiger partial charge in [0.2, 0.25) is 11.8 Å². The standard InChI is InChI=1S/C22H29N3O4/c26-20(23-14-17-7-4-12-29-17)16-8-9-18-19(13-16)24-22(28)25(21(18)27)11-10-15-5-2-1-3-6-15/h1-3,5-6,16-19H,4,7-14H2,(H,23,26)(H,24,28). The lowest BCUT2D eigenvalue weighted by Crippen LogP contribution is -2.62. The lowest BCUT2D eigenvalue weighted by Gasteiger charge is -2.42. The van der Waals surface area contributed by atoms with E-state index in [0.717, 1.165) is 25.0 Å². The van der Waals surface area contributed by atoms with Crippen molar-refractivity contribution in [2.75, 3.05) is 19.7 Å². The van der Waals surface area contributed by atoms with E-state index in [1.807, 2.05) is 30.3 Å². The first-order valence-corrected chi connectivity index (χ1v) is 10.7. The summed E-state index contributed by atoms with van der Waals surface area (Å²) in [5.74, 6) is -0.493. The first kappa shape index (κ1) is 19.9. The Hall–Kier alpha value is -2.41. The number of rotatable bonds is 6. The number of carbonyl (C=O) groups is 3. The molecule has 7 heteroatoms. The van der Waals surface area contributed by atoms with Gasteiger partial charge in [0, 0.05) is 31.7 Å². The third kappa shape index (κ3) is 4.61. The molecule has 0 spiro atoms. The average molecular weight is 399 g/mol. The van der Waals surface area contributed by atoms with E-state index in [9.17, 15) is 14.4 Å². The molecule has 1 saturated carbocycles. The number of benzene rings is 1. The Balaban J connectivity index is 1.30. The third-order valence-electron chi connectivity index (χ3n) is 6.35. The van der Waals surface area contributed by atoms with Crippen LogP contribution in [0, 0.1) is 11.8 Å². The van der Waals surface area contributed by atoms with Gasteiger partial charge in [-0.05, 0) is 44.1 Å². The predicted octanol–water partition coefficient (Wildman–Crippen LogP) is 1.86. The van der Waals surface area contributed by atoms with Gasteiger partial charge in [-0.25, -0.2) is 4.79 Å². The van der Waals surface area contributed by atoms with Crippen molar-refractivity contribution in [1.29, 1.82) is 0 Å². The molecule has 1 aromatic carbocycles. The highest BCUT2D eigenvalue weighted by Gasteiger charge is 2.45. The number of ether oxygens (including phenoxy) is 1. The molecule has 2 heterocycles. The molecule has 7 nitrogen and oxygen atoms in total. The summed E-state index contributed by atoms with van der Waals surface area (Å²) in [6.45, 7) is 1.69. The molecule has 156 valence electrons. The second-order valence-corrected chi connectivity index (χ2v) is 8.28. The number of amides is 4. The molecule has 29 heavy (non-hydrogen) atoms. The summed E-state index contributed by atoms with van der Waals surface area (Å²) in [4.78, 5) is 39.3. The minimum absolute atomic E-state index is 0.00663. The number of hydrogen-bond donors (Lipinski definition) is 2. The number of urea groups is 1. The van der Waals surface area contributed by atoms with Gasteiger partial charge < -0.3 is 15.4 Å². The maximum absolute atomic E-state index is 12.9. The van der Waals surface area contributed by atoms with Crippen molar-refractivity contribution in [3.63, 3.8) is 0 Å². The van der Waals surface area contributed by atoms with Crippen LogP contribution in [-0.2, 0) is 20.7 Å². The van der Waals surface area contributed by atoms with E-state index in [1.54, 1.807) is 0 Å². The van der Waals surface area contributed by atoms with Gasteiger partial charge in [-0.1, -0.05) is 30.3 Å². The van der Waals surface area contributed by atoms with Gasteiger partial charge in [-0.2, -0.15) is 0 Å². The monoisotopic (exact) mass is 399 g/mol. The number of imide groups is 1. The van der Waals surface area contributed by atoms with E-state index in [2.05, 4.69) is 10.6 Å². The molecule has 4 atom stereocenters. The number of fused-ring (bicyclic) bond motifs is 1. The zero-order chi connectivity index (χ0) is 20.2.